The van der Waals surface area contributed by atoms with Crippen LogP contribution in [0.2, 0.25) is 0 Å². The number of nitrogens with zero attached hydrogens (tertiary/aromatic N) is 3. The van der Waals surface area contributed by atoms with Crippen LogP contribution >= 0.6 is 11.8 Å². The summed E-state index contributed by atoms with van der Waals surface area (Å²) in [5, 5.41) is 4.07. The number of benzene rings is 2. The molecule has 25 heavy (non-hydrogen) atoms. The van der Waals surface area contributed by atoms with Crippen LogP contribution in [0.5, 0.6) is 0 Å². The van der Waals surface area contributed by atoms with Gasteiger partial charge in [0.05, 0.1) is 0 Å². The predicted molar refractivity (Wildman–Crippen MR) is 103 cm³/mol. The number of rotatable bonds is 8. The van der Waals surface area contributed by atoms with E-state index in [0.29, 0.717) is 11.7 Å². The third-order valence-corrected chi connectivity index (χ3v) is 4.79. The molecule has 2 aromatic carbocycles. The molecule has 0 aliphatic heterocycles. The van der Waals surface area contributed by atoms with Crippen molar-refractivity contribution in [3.8, 4) is 11.4 Å². The summed E-state index contributed by atoms with van der Waals surface area (Å²) in [6.45, 7) is 1.95. The molecule has 0 N–H and O–H groups in total. The molecule has 0 aliphatic rings. The number of hydrogen-bond acceptors (Lipinski definition) is 5. The lowest BCUT2D eigenvalue weighted by molar-refractivity contribution is 0.310. The van der Waals surface area contributed by atoms with Crippen LogP contribution in [0.25, 0.3) is 11.4 Å². The highest BCUT2D eigenvalue weighted by molar-refractivity contribution is 7.98. The molecule has 0 bridgehead atoms. The van der Waals surface area contributed by atoms with Gasteiger partial charge in [-0.25, -0.2) is 0 Å². The first-order valence-electron chi connectivity index (χ1n) is 8.44. The van der Waals surface area contributed by atoms with E-state index < -0.39 is 0 Å². The van der Waals surface area contributed by atoms with Gasteiger partial charge in [0, 0.05) is 23.4 Å². The molecule has 0 saturated carbocycles. The van der Waals surface area contributed by atoms with Crippen molar-refractivity contribution in [1.82, 2.24) is 15.0 Å². The van der Waals surface area contributed by atoms with E-state index >= 15 is 0 Å². The fourth-order valence-corrected chi connectivity index (χ4v) is 3.09. The molecule has 4 nitrogen and oxygen atoms in total. The van der Waals surface area contributed by atoms with Crippen LogP contribution in [-0.2, 0) is 13.0 Å². The third-order valence-electron chi connectivity index (χ3n) is 4.04. The minimum Gasteiger partial charge on any atom is -0.339 e. The maximum Gasteiger partial charge on any atom is 0.227 e. The molecule has 0 aliphatic carbocycles. The average Bonchev–Trinajstić information content (AvgIpc) is 3.12. The zero-order chi connectivity index (χ0) is 17.5. The van der Waals surface area contributed by atoms with Crippen LogP contribution in [0, 0.1) is 0 Å². The molecule has 1 heterocycles. The van der Waals surface area contributed by atoms with Crippen LogP contribution in [0.4, 0.5) is 0 Å². The Morgan fingerprint density at radius 3 is 2.52 bits per heavy atom. The van der Waals surface area contributed by atoms with Crippen molar-refractivity contribution >= 4 is 11.8 Å². The van der Waals surface area contributed by atoms with Crippen LogP contribution in [-0.4, -0.2) is 34.9 Å². The molecule has 130 valence electrons. The Kier molecular flexibility index (Phi) is 6.25. The molecule has 5 heteroatoms. The van der Waals surface area contributed by atoms with E-state index in [2.05, 4.69) is 52.6 Å². The minimum atomic E-state index is 0.665. The van der Waals surface area contributed by atoms with Gasteiger partial charge in [-0.1, -0.05) is 47.6 Å². The van der Waals surface area contributed by atoms with Crippen molar-refractivity contribution < 1.29 is 4.52 Å². The van der Waals surface area contributed by atoms with Gasteiger partial charge in [-0.3, -0.25) is 0 Å². The van der Waals surface area contributed by atoms with Crippen molar-refractivity contribution in [2.75, 3.05) is 19.8 Å². The Morgan fingerprint density at radius 2 is 1.80 bits per heavy atom. The van der Waals surface area contributed by atoms with Crippen molar-refractivity contribution in [3.05, 3.63) is 66.1 Å². The molecule has 3 aromatic rings. The van der Waals surface area contributed by atoms with Gasteiger partial charge in [-0.15, -0.1) is 11.8 Å². The van der Waals surface area contributed by atoms with E-state index in [1.54, 1.807) is 11.8 Å². The summed E-state index contributed by atoms with van der Waals surface area (Å²) in [5.74, 6) is 1.37. The quantitative estimate of drug-likeness (QED) is 0.557. The minimum absolute atomic E-state index is 0.665. The van der Waals surface area contributed by atoms with E-state index in [0.717, 1.165) is 31.5 Å². The summed E-state index contributed by atoms with van der Waals surface area (Å²) in [7, 11) is 2.14. The lowest BCUT2D eigenvalue weighted by Gasteiger charge is -2.16. The van der Waals surface area contributed by atoms with Crippen LogP contribution in [0.1, 0.15) is 17.9 Å². The van der Waals surface area contributed by atoms with Crippen molar-refractivity contribution in [3.63, 3.8) is 0 Å². The van der Waals surface area contributed by atoms with E-state index in [9.17, 15) is 0 Å². The summed E-state index contributed by atoms with van der Waals surface area (Å²) in [6, 6.07) is 18.7. The van der Waals surface area contributed by atoms with Gasteiger partial charge in [-0.05, 0) is 44.0 Å². The van der Waals surface area contributed by atoms with Gasteiger partial charge in [0.1, 0.15) is 0 Å². The summed E-state index contributed by atoms with van der Waals surface area (Å²) in [5.41, 5.74) is 2.33. The molecule has 0 atom stereocenters. The van der Waals surface area contributed by atoms with Crippen LogP contribution in [0.15, 0.2) is 64.0 Å². The summed E-state index contributed by atoms with van der Waals surface area (Å²) >= 11 is 1.77. The van der Waals surface area contributed by atoms with Gasteiger partial charge in [0.2, 0.25) is 11.7 Å². The van der Waals surface area contributed by atoms with Gasteiger partial charge in [0.15, 0.2) is 0 Å². The second kappa shape index (κ2) is 8.83. The van der Waals surface area contributed by atoms with Crippen LogP contribution < -0.4 is 0 Å². The maximum absolute atomic E-state index is 5.36. The second-order valence-corrected chi connectivity index (χ2v) is 6.95. The topological polar surface area (TPSA) is 42.2 Å². The van der Waals surface area contributed by atoms with E-state index in [-0.39, 0.29) is 0 Å². The normalized spacial score (nSPS) is 11.2. The SMILES string of the molecule is CSc1ccc(CN(C)CCCc2nc(-c3ccccc3)no2)cc1. The van der Waals surface area contributed by atoms with E-state index in [1.165, 1.54) is 10.5 Å². The monoisotopic (exact) mass is 353 g/mol. The van der Waals surface area contributed by atoms with E-state index in [1.807, 2.05) is 30.3 Å². The molecule has 0 radical (unpaired) electrons. The van der Waals surface area contributed by atoms with Crippen molar-refractivity contribution in [2.45, 2.75) is 24.3 Å². The number of hydrogen-bond donors (Lipinski definition) is 0. The number of thioether (sulfide) groups is 1. The first-order valence-corrected chi connectivity index (χ1v) is 9.66. The maximum atomic E-state index is 5.36. The third kappa shape index (κ3) is 5.18. The fraction of sp³-hybridized carbons (Fsp3) is 0.300. The standard InChI is InChI=1S/C20H23N3OS/c1-23(15-16-10-12-18(25-2)13-11-16)14-6-9-19-21-20(22-24-19)17-7-4-3-5-8-17/h3-5,7-8,10-13H,6,9,14-15H2,1-2H3. The second-order valence-electron chi connectivity index (χ2n) is 6.07. The number of aromatic nitrogens is 2. The molecule has 1 aromatic heterocycles. The summed E-state index contributed by atoms with van der Waals surface area (Å²) in [6.07, 6.45) is 3.90. The fourth-order valence-electron chi connectivity index (χ4n) is 2.68. The van der Waals surface area contributed by atoms with E-state index in [4.69, 9.17) is 4.52 Å². The highest BCUT2D eigenvalue weighted by Crippen LogP contribution is 2.17. The van der Waals surface area contributed by atoms with Gasteiger partial charge in [-0.2, -0.15) is 4.98 Å². The zero-order valence-corrected chi connectivity index (χ0v) is 15.5. The largest absolute Gasteiger partial charge is 0.339 e. The molecular weight excluding hydrogens is 330 g/mol. The predicted octanol–water partition coefficient (Wildman–Crippen LogP) is 4.52. The highest BCUT2D eigenvalue weighted by atomic mass is 32.2. The zero-order valence-electron chi connectivity index (χ0n) is 14.7. The Bertz CT molecular complexity index is 771. The van der Waals surface area contributed by atoms with Gasteiger partial charge >= 0.3 is 0 Å². The molecule has 0 amide bonds. The molecule has 0 unspecified atom stereocenters. The molecule has 0 fully saturated rings. The Balaban J connectivity index is 1.45. The lowest BCUT2D eigenvalue weighted by Crippen LogP contribution is -2.19. The van der Waals surface area contributed by atoms with Crippen LogP contribution in [0.3, 0.4) is 0 Å². The molecule has 3 rings (SSSR count). The van der Waals surface area contributed by atoms with Crippen molar-refractivity contribution in [1.29, 1.82) is 0 Å². The first kappa shape index (κ1) is 17.7. The Hall–Kier alpha value is -2.11. The first-order chi connectivity index (χ1) is 12.2. The Morgan fingerprint density at radius 1 is 1.04 bits per heavy atom. The molecule has 0 spiro atoms. The summed E-state index contributed by atoms with van der Waals surface area (Å²) in [4.78, 5) is 8.11. The van der Waals surface area contributed by atoms with Gasteiger partial charge in [0.25, 0.3) is 0 Å². The average molecular weight is 353 g/mol. The summed E-state index contributed by atoms with van der Waals surface area (Å²) < 4.78 is 5.36. The molecular formula is C20H23N3OS. The molecule has 0 saturated heterocycles. The van der Waals surface area contributed by atoms with Crippen molar-refractivity contribution in [2.24, 2.45) is 0 Å². The lowest BCUT2D eigenvalue weighted by atomic mass is 10.2. The highest BCUT2D eigenvalue weighted by Gasteiger charge is 2.08. The Labute approximate surface area is 153 Å². The smallest absolute Gasteiger partial charge is 0.227 e. The van der Waals surface area contributed by atoms with Gasteiger partial charge < -0.3 is 9.42 Å². The number of aryl methyl sites for hydroxylation is 1.